The summed E-state index contributed by atoms with van der Waals surface area (Å²) in [5, 5.41) is 3.41. The third kappa shape index (κ3) is 1.38. The molecule has 2 heteroatoms. The van der Waals surface area contributed by atoms with Gasteiger partial charge in [-0.2, -0.15) is 0 Å². The van der Waals surface area contributed by atoms with Crippen molar-refractivity contribution in [1.29, 1.82) is 0 Å². The zero-order valence-corrected chi connectivity index (χ0v) is 8.21. The predicted octanol–water partition coefficient (Wildman–Crippen LogP) is 1.08. The lowest BCUT2D eigenvalue weighted by atomic mass is 9.92. The van der Waals surface area contributed by atoms with Crippen molar-refractivity contribution < 1.29 is 0 Å². The van der Waals surface area contributed by atoms with Crippen molar-refractivity contribution in [3.63, 3.8) is 0 Å². The average Bonchev–Trinajstić information content (AvgIpc) is 2.49. The Morgan fingerprint density at radius 2 is 2.17 bits per heavy atom. The molecule has 3 atom stereocenters. The Morgan fingerprint density at radius 1 is 1.33 bits per heavy atom. The minimum absolute atomic E-state index is 0.792. The highest BCUT2D eigenvalue weighted by molar-refractivity contribution is 4.94. The standard InChI is InChI=1S/C10H20N2/c1-11-9-6-8-4-3-5-12(2)10(8)7-9/h8-11H,3-7H2,1-2H3. The Morgan fingerprint density at radius 3 is 2.83 bits per heavy atom. The highest BCUT2D eigenvalue weighted by Crippen LogP contribution is 2.35. The zero-order chi connectivity index (χ0) is 8.55. The molecule has 0 bridgehead atoms. The molecule has 3 unspecified atom stereocenters. The van der Waals surface area contributed by atoms with Crippen LogP contribution in [-0.4, -0.2) is 37.6 Å². The molecule has 1 aliphatic heterocycles. The summed E-state index contributed by atoms with van der Waals surface area (Å²) in [5.74, 6) is 0.987. The molecule has 0 aromatic heterocycles. The maximum Gasteiger partial charge on any atom is 0.0136 e. The topological polar surface area (TPSA) is 15.3 Å². The molecule has 12 heavy (non-hydrogen) atoms. The first-order chi connectivity index (χ1) is 5.81. The molecule has 2 nitrogen and oxygen atoms in total. The van der Waals surface area contributed by atoms with Crippen molar-refractivity contribution >= 4 is 0 Å². The minimum Gasteiger partial charge on any atom is -0.317 e. The molecule has 1 aliphatic carbocycles. The van der Waals surface area contributed by atoms with Gasteiger partial charge in [0.1, 0.15) is 0 Å². The van der Waals surface area contributed by atoms with Gasteiger partial charge in [0.15, 0.2) is 0 Å². The van der Waals surface area contributed by atoms with Crippen molar-refractivity contribution in [3.05, 3.63) is 0 Å². The lowest BCUT2D eigenvalue weighted by Gasteiger charge is -2.34. The second-order valence-electron chi connectivity index (χ2n) is 4.41. The van der Waals surface area contributed by atoms with E-state index in [1.165, 1.54) is 32.2 Å². The monoisotopic (exact) mass is 168 g/mol. The Hall–Kier alpha value is -0.0800. The molecule has 2 fully saturated rings. The third-order valence-electron chi connectivity index (χ3n) is 3.72. The first kappa shape index (κ1) is 8.52. The summed E-state index contributed by atoms with van der Waals surface area (Å²) in [7, 11) is 4.39. The third-order valence-corrected chi connectivity index (χ3v) is 3.72. The Balaban J connectivity index is 1.99. The fraction of sp³-hybridized carbons (Fsp3) is 1.00. The van der Waals surface area contributed by atoms with Crippen LogP contribution in [0.3, 0.4) is 0 Å². The molecule has 1 saturated carbocycles. The number of piperidine rings is 1. The molecule has 0 spiro atoms. The fourth-order valence-electron chi connectivity index (χ4n) is 2.96. The second-order valence-corrected chi connectivity index (χ2v) is 4.41. The van der Waals surface area contributed by atoms with Crippen LogP contribution in [-0.2, 0) is 0 Å². The number of likely N-dealkylation sites (tertiary alicyclic amines) is 1. The molecule has 70 valence electrons. The van der Waals surface area contributed by atoms with Crippen LogP contribution >= 0.6 is 0 Å². The quantitative estimate of drug-likeness (QED) is 0.630. The smallest absolute Gasteiger partial charge is 0.0136 e. The molecule has 1 saturated heterocycles. The summed E-state index contributed by atoms with van der Waals surface area (Å²) in [6.45, 7) is 1.32. The van der Waals surface area contributed by atoms with Crippen LogP contribution in [0.4, 0.5) is 0 Å². The molecule has 0 radical (unpaired) electrons. The van der Waals surface area contributed by atoms with Crippen molar-refractivity contribution in [3.8, 4) is 0 Å². The Bertz CT molecular complexity index is 158. The van der Waals surface area contributed by atoms with E-state index in [2.05, 4.69) is 24.3 Å². The normalized spacial score (nSPS) is 43.0. The number of hydrogen-bond donors (Lipinski definition) is 1. The van der Waals surface area contributed by atoms with Gasteiger partial charge in [-0.25, -0.2) is 0 Å². The van der Waals surface area contributed by atoms with Gasteiger partial charge in [-0.05, 0) is 52.2 Å². The zero-order valence-electron chi connectivity index (χ0n) is 8.21. The van der Waals surface area contributed by atoms with E-state index in [1.807, 2.05) is 0 Å². The van der Waals surface area contributed by atoms with E-state index in [1.54, 1.807) is 0 Å². The number of nitrogens with one attached hydrogen (secondary N) is 1. The Kier molecular flexibility index (Phi) is 2.37. The van der Waals surface area contributed by atoms with Crippen LogP contribution in [0.5, 0.6) is 0 Å². The number of hydrogen-bond acceptors (Lipinski definition) is 2. The Labute approximate surface area is 75.3 Å². The highest BCUT2D eigenvalue weighted by atomic mass is 15.2. The van der Waals surface area contributed by atoms with E-state index in [0.717, 1.165) is 18.0 Å². The van der Waals surface area contributed by atoms with Gasteiger partial charge in [-0.3, -0.25) is 0 Å². The molecule has 2 rings (SSSR count). The molecular weight excluding hydrogens is 148 g/mol. The fourth-order valence-corrected chi connectivity index (χ4v) is 2.96. The summed E-state index contributed by atoms with van der Waals surface area (Å²) in [6, 6.07) is 1.68. The number of fused-ring (bicyclic) bond motifs is 1. The number of rotatable bonds is 1. The lowest BCUT2D eigenvalue weighted by molar-refractivity contribution is 0.144. The first-order valence-corrected chi connectivity index (χ1v) is 5.18. The van der Waals surface area contributed by atoms with E-state index in [4.69, 9.17) is 0 Å². The summed E-state index contributed by atoms with van der Waals surface area (Å²) in [5.41, 5.74) is 0. The van der Waals surface area contributed by atoms with Crippen LogP contribution in [0, 0.1) is 5.92 Å². The van der Waals surface area contributed by atoms with Gasteiger partial charge in [0.25, 0.3) is 0 Å². The van der Waals surface area contributed by atoms with Gasteiger partial charge in [0.05, 0.1) is 0 Å². The van der Waals surface area contributed by atoms with Crippen LogP contribution < -0.4 is 5.32 Å². The second kappa shape index (κ2) is 3.35. The van der Waals surface area contributed by atoms with Gasteiger partial charge in [0, 0.05) is 12.1 Å². The van der Waals surface area contributed by atoms with E-state index >= 15 is 0 Å². The molecule has 2 aliphatic rings. The molecule has 1 N–H and O–H groups in total. The van der Waals surface area contributed by atoms with Gasteiger partial charge in [-0.15, -0.1) is 0 Å². The molecule has 1 heterocycles. The van der Waals surface area contributed by atoms with Gasteiger partial charge in [0.2, 0.25) is 0 Å². The first-order valence-electron chi connectivity index (χ1n) is 5.18. The SMILES string of the molecule is CNC1CC2CCCN(C)C2C1. The predicted molar refractivity (Wildman–Crippen MR) is 51.2 cm³/mol. The largest absolute Gasteiger partial charge is 0.317 e. The van der Waals surface area contributed by atoms with Gasteiger partial charge < -0.3 is 10.2 Å². The minimum atomic E-state index is 0.792. The van der Waals surface area contributed by atoms with Crippen molar-refractivity contribution in [2.24, 2.45) is 5.92 Å². The summed E-state index contributed by atoms with van der Waals surface area (Å²) in [6.07, 6.45) is 5.66. The van der Waals surface area contributed by atoms with Crippen LogP contribution in [0.15, 0.2) is 0 Å². The van der Waals surface area contributed by atoms with E-state index in [0.29, 0.717) is 0 Å². The van der Waals surface area contributed by atoms with Crippen LogP contribution in [0.25, 0.3) is 0 Å². The average molecular weight is 168 g/mol. The maximum atomic E-state index is 3.41. The summed E-state index contributed by atoms with van der Waals surface area (Å²) >= 11 is 0. The van der Waals surface area contributed by atoms with Crippen molar-refractivity contribution in [2.45, 2.75) is 37.8 Å². The highest BCUT2D eigenvalue weighted by Gasteiger charge is 2.37. The van der Waals surface area contributed by atoms with Crippen LogP contribution in [0.2, 0.25) is 0 Å². The molecular formula is C10H20N2. The van der Waals surface area contributed by atoms with E-state index in [-0.39, 0.29) is 0 Å². The van der Waals surface area contributed by atoms with Crippen molar-refractivity contribution in [1.82, 2.24) is 10.2 Å². The molecule has 0 aromatic rings. The van der Waals surface area contributed by atoms with Gasteiger partial charge >= 0.3 is 0 Å². The summed E-state index contributed by atoms with van der Waals surface area (Å²) < 4.78 is 0. The molecule has 0 aromatic carbocycles. The van der Waals surface area contributed by atoms with E-state index in [9.17, 15) is 0 Å². The maximum absolute atomic E-state index is 3.41. The van der Waals surface area contributed by atoms with Crippen molar-refractivity contribution in [2.75, 3.05) is 20.6 Å². The lowest BCUT2D eigenvalue weighted by Crippen LogP contribution is -2.39. The molecule has 0 amide bonds. The summed E-state index contributed by atoms with van der Waals surface area (Å²) in [4.78, 5) is 2.56. The van der Waals surface area contributed by atoms with Gasteiger partial charge in [-0.1, -0.05) is 0 Å². The van der Waals surface area contributed by atoms with Crippen LogP contribution in [0.1, 0.15) is 25.7 Å². The number of nitrogens with zero attached hydrogens (tertiary/aromatic N) is 1. The van der Waals surface area contributed by atoms with E-state index < -0.39 is 0 Å².